The van der Waals surface area contributed by atoms with Gasteiger partial charge in [0.2, 0.25) is 6.54 Å². The Morgan fingerprint density at radius 1 is 1.11 bits per heavy atom. The molecule has 1 unspecified atom stereocenters. The Bertz CT molecular complexity index is 1350. The molecular formula is C31H37N5O2. The van der Waals surface area contributed by atoms with Crippen LogP contribution in [0.3, 0.4) is 0 Å². The van der Waals surface area contributed by atoms with Gasteiger partial charge in [-0.15, -0.1) is 0 Å². The molecule has 3 aromatic rings. The molecule has 1 aromatic heterocycles. The molecule has 2 aromatic carbocycles. The third kappa shape index (κ3) is 4.95. The second-order valence-electron chi connectivity index (χ2n) is 11.2. The van der Waals surface area contributed by atoms with Crippen LogP contribution in [0.25, 0.3) is 15.6 Å². The molecular weight excluding hydrogens is 474 g/mol. The molecule has 7 nitrogen and oxygen atoms in total. The van der Waals surface area contributed by atoms with Crippen LogP contribution in [-0.4, -0.2) is 60.7 Å². The van der Waals surface area contributed by atoms with Gasteiger partial charge in [-0.3, -0.25) is 0 Å². The molecule has 0 spiro atoms. The highest BCUT2D eigenvalue weighted by Crippen LogP contribution is 2.39. The van der Waals surface area contributed by atoms with Crippen LogP contribution >= 0.6 is 0 Å². The third-order valence-corrected chi connectivity index (χ3v) is 8.59. The minimum atomic E-state index is -0.0694. The third-order valence-electron chi connectivity index (χ3n) is 8.59. The molecule has 0 N–H and O–H groups in total. The summed E-state index contributed by atoms with van der Waals surface area (Å²) in [5, 5.41) is 2.51. The Kier molecular flexibility index (Phi) is 7.18. The first-order valence-corrected chi connectivity index (χ1v) is 14.0. The van der Waals surface area contributed by atoms with Gasteiger partial charge in [0, 0.05) is 37.0 Å². The minimum absolute atomic E-state index is 0.0694. The monoisotopic (exact) mass is 511 g/mol. The zero-order valence-electron chi connectivity index (χ0n) is 22.5. The second kappa shape index (κ2) is 10.9. The second-order valence-corrected chi connectivity index (χ2v) is 11.2. The van der Waals surface area contributed by atoms with E-state index >= 15 is 0 Å². The topological polar surface area (TPSA) is 55.1 Å². The van der Waals surface area contributed by atoms with Gasteiger partial charge in [0.25, 0.3) is 0 Å². The lowest BCUT2D eigenvalue weighted by Gasteiger charge is -2.35. The number of anilines is 1. The first-order valence-electron chi connectivity index (χ1n) is 14.0. The van der Waals surface area contributed by atoms with Crippen molar-refractivity contribution in [1.82, 2.24) is 14.9 Å². The van der Waals surface area contributed by atoms with Crippen LogP contribution in [0.2, 0.25) is 0 Å². The highest BCUT2D eigenvalue weighted by atomic mass is 16.5. The van der Waals surface area contributed by atoms with Gasteiger partial charge in [-0.25, -0.2) is 6.57 Å². The quantitative estimate of drug-likeness (QED) is 0.415. The van der Waals surface area contributed by atoms with Gasteiger partial charge in [-0.05, 0) is 68.1 Å². The first kappa shape index (κ1) is 25.1. The molecule has 4 heterocycles. The molecule has 3 aliphatic heterocycles. The van der Waals surface area contributed by atoms with Gasteiger partial charge in [-0.1, -0.05) is 36.4 Å². The van der Waals surface area contributed by atoms with E-state index in [1.165, 1.54) is 28.3 Å². The van der Waals surface area contributed by atoms with Crippen molar-refractivity contribution in [2.45, 2.75) is 57.8 Å². The summed E-state index contributed by atoms with van der Waals surface area (Å²) in [5.41, 5.74) is 4.59. The van der Waals surface area contributed by atoms with E-state index < -0.39 is 0 Å². The van der Waals surface area contributed by atoms with Crippen molar-refractivity contribution < 1.29 is 9.47 Å². The van der Waals surface area contributed by atoms with Crippen LogP contribution in [0, 0.1) is 19.4 Å². The zero-order chi connectivity index (χ0) is 26.1. The molecule has 198 valence electrons. The summed E-state index contributed by atoms with van der Waals surface area (Å²) in [4.78, 5) is 18.3. The smallest absolute Gasteiger partial charge is 0.318 e. The maximum absolute atomic E-state index is 7.36. The van der Waals surface area contributed by atoms with Crippen molar-refractivity contribution in [1.29, 1.82) is 0 Å². The van der Waals surface area contributed by atoms with Crippen LogP contribution in [-0.2, 0) is 17.8 Å². The van der Waals surface area contributed by atoms with Crippen molar-refractivity contribution in [2.75, 3.05) is 44.7 Å². The fourth-order valence-corrected chi connectivity index (χ4v) is 6.48. The van der Waals surface area contributed by atoms with Crippen LogP contribution < -0.4 is 9.64 Å². The zero-order valence-corrected chi connectivity index (χ0v) is 22.5. The Morgan fingerprint density at radius 2 is 1.95 bits per heavy atom. The average Bonchev–Trinajstić information content (AvgIpc) is 3.35. The lowest BCUT2D eigenvalue weighted by molar-refractivity contribution is 0.0264. The Labute approximate surface area is 225 Å². The Morgan fingerprint density at radius 3 is 2.76 bits per heavy atom. The number of benzene rings is 2. The first-order chi connectivity index (χ1) is 18.6. The molecule has 3 atom stereocenters. The summed E-state index contributed by atoms with van der Waals surface area (Å²) in [6.07, 6.45) is 5.15. The minimum Gasteiger partial charge on any atom is -0.462 e. The molecule has 0 amide bonds. The molecule has 0 aliphatic carbocycles. The fraction of sp³-hybridized carbons (Fsp3) is 0.516. The van der Waals surface area contributed by atoms with E-state index in [9.17, 15) is 0 Å². The van der Waals surface area contributed by atoms with E-state index in [0.29, 0.717) is 44.1 Å². The number of piperidine rings is 1. The number of likely N-dealkylation sites (N-methyl/N-ethyl adjacent to an activating group) is 1. The number of nitrogens with zero attached hydrogens (tertiary/aromatic N) is 5. The molecule has 0 bridgehead atoms. The highest BCUT2D eigenvalue weighted by Gasteiger charge is 2.32. The van der Waals surface area contributed by atoms with Crippen molar-refractivity contribution >= 4 is 16.6 Å². The van der Waals surface area contributed by atoms with E-state index in [2.05, 4.69) is 65.0 Å². The van der Waals surface area contributed by atoms with Gasteiger partial charge >= 0.3 is 6.01 Å². The standard InChI is InChI=1S/C31H37N5O2/c1-21-8-4-10-23-11-5-13-25(29(21)23)28-16-27-26(20-37-28)30(36-15-6-9-22(18-36)17-32-2)34-31(33-27)38-19-24-12-7-14-35(24)3/h4-5,8,10-11,13,22,24,28H,6-7,9,12,14-20H2,1,3H3/t22-,24-,28?/m0/s1. The van der Waals surface area contributed by atoms with E-state index in [-0.39, 0.29) is 6.10 Å². The predicted molar refractivity (Wildman–Crippen MR) is 150 cm³/mol. The molecule has 0 radical (unpaired) electrons. The number of ether oxygens (including phenoxy) is 2. The number of aryl methyl sites for hydroxylation is 1. The van der Waals surface area contributed by atoms with Crippen molar-refractivity contribution in [3.63, 3.8) is 0 Å². The number of hydrogen-bond acceptors (Lipinski definition) is 6. The summed E-state index contributed by atoms with van der Waals surface area (Å²) < 4.78 is 12.8. The number of fused-ring (bicyclic) bond motifs is 2. The van der Waals surface area contributed by atoms with Gasteiger partial charge in [-0.2, -0.15) is 9.97 Å². The van der Waals surface area contributed by atoms with Crippen molar-refractivity contribution in [3.8, 4) is 6.01 Å². The summed E-state index contributed by atoms with van der Waals surface area (Å²) in [6, 6.07) is 13.8. The van der Waals surface area contributed by atoms with Crippen molar-refractivity contribution in [3.05, 3.63) is 70.2 Å². The van der Waals surface area contributed by atoms with Crippen LogP contribution in [0.4, 0.5) is 5.82 Å². The summed E-state index contributed by atoms with van der Waals surface area (Å²) in [6.45, 7) is 14.1. The van der Waals surface area contributed by atoms with Crippen molar-refractivity contribution in [2.24, 2.45) is 5.92 Å². The summed E-state index contributed by atoms with van der Waals surface area (Å²) >= 11 is 0. The maximum atomic E-state index is 7.36. The summed E-state index contributed by atoms with van der Waals surface area (Å²) in [5.74, 6) is 1.31. The molecule has 2 saturated heterocycles. The normalized spacial score (nSPS) is 23.8. The SMILES string of the molecule is [C-]#[N+]C[C@@H]1CCCN(c2nc(OC[C@@H]3CCCN3C)nc3c2COC(c2cccc4cccc(C)c24)C3)C1. The molecule has 6 rings (SSSR count). The molecule has 0 saturated carbocycles. The number of aromatic nitrogens is 2. The maximum Gasteiger partial charge on any atom is 0.318 e. The lowest BCUT2D eigenvalue weighted by Crippen LogP contribution is -2.38. The Balaban J connectivity index is 1.34. The van der Waals surface area contributed by atoms with E-state index in [0.717, 1.165) is 56.0 Å². The summed E-state index contributed by atoms with van der Waals surface area (Å²) in [7, 11) is 2.17. The average molecular weight is 512 g/mol. The van der Waals surface area contributed by atoms with Crippen LogP contribution in [0.15, 0.2) is 36.4 Å². The van der Waals surface area contributed by atoms with Gasteiger partial charge in [0.05, 0.1) is 18.4 Å². The highest BCUT2D eigenvalue weighted by molar-refractivity contribution is 5.89. The van der Waals surface area contributed by atoms with E-state index in [4.69, 9.17) is 26.0 Å². The fourth-order valence-electron chi connectivity index (χ4n) is 6.48. The molecule has 3 aliphatic rings. The molecule has 38 heavy (non-hydrogen) atoms. The van der Waals surface area contributed by atoms with Gasteiger partial charge < -0.3 is 24.1 Å². The van der Waals surface area contributed by atoms with Crippen LogP contribution in [0.5, 0.6) is 6.01 Å². The number of likely N-dealkylation sites (tertiary alicyclic amines) is 1. The Hall–Kier alpha value is -3.21. The van der Waals surface area contributed by atoms with Gasteiger partial charge in [0.1, 0.15) is 12.4 Å². The van der Waals surface area contributed by atoms with Crippen LogP contribution in [0.1, 0.15) is 54.2 Å². The number of rotatable bonds is 6. The van der Waals surface area contributed by atoms with E-state index in [1.807, 2.05) is 0 Å². The van der Waals surface area contributed by atoms with Gasteiger partial charge in [0.15, 0.2) is 0 Å². The number of hydrogen-bond donors (Lipinski definition) is 0. The predicted octanol–water partition coefficient (Wildman–Crippen LogP) is 5.36. The van der Waals surface area contributed by atoms with E-state index in [1.54, 1.807) is 0 Å². The lowest BCUT2D eigenvalue weighted by atomic mass is 9.92. The molecule has 2 fully saturated rings. The molecule has 7 heteroatoms. The largest absolute Gasteiger partial charge is 0.462 e.